The summed E-state index contributed by atoms with van der Waals surface area (Å²) in [6.45, 7) is 7.46. The number of imide groups is 1. The van der Waals surface area contributed by atoms with Crippen molar-refractivity contribution < 1.29 is 90.7 Å². The first kappa shape index (κ1) is 72.3. The molecule has 0 bridgehead atoms. The molecule has 492 valence electrons. The van der Waals surface area contributed by atoms with Gasteiger partial charge in [0.1, 0.15) is 11.4 Å². The molecule has 1 aliphatic carbocycles. The number of rotatable bonds is 37. The molecule has 2 aliphatic heterocycles. The van der Waals surface area contributed by atoms with E-state index in [1.165, 1.54) is 25.3 Å². The highest BCUT2D eigenvalue weighted by molar-refractivity contribution is 5.96. The van der Waals surface area contributed by atoms with Crippen molar-refractivity contribution in [1.29, 1.82) is 0 Å². The van der Waals surface area contributed by atoms with E-state index in [1.807, 2.05) is 0 Å². The number of nitrogens with one attached hydrogen (secondary N) is 7. The van der Waals surface area contributed by atoms with Gasteiger partial charge in [0, 0.05) is 74.3 Å². The smallest absolute Gasteiger partial charge is 0.257 e. The second kappa shape index (κ2) is 37.5. The first-order valence-electron chi connectivity index (χ1n) is 29.3. The number of ether oxygens (including phenoxy) is 6. The Morgan fingerprint density at radius 1 is 0.778 bits per heavy atom. The first-order chi connectivity index (χ1) is 43.3. The summed E-state index contributed by atoms with van der Waals surface area (Å²) < 4.78 is 48.2. The van der Waals surface area contributed by atoms with Crippen molar-refractivity contribution in [3.05, 3.63) is 73.8 Å². The molecule has 0 radical (unpaired) electrons. The fourth-order valence-electron chi connectivity index (χ4n) is 9.71. The number of aldehydes is 1. The van der Waals surface area contributed by atoms with E-state index in [0.717, 1.165) is 27.0 Å². The van der Waals surface area contributed by atoms with Gasteiger partial charge in [-0.25, -0.2) is 9.37 Å². The summed E-state index contributed by atoms with van der Waals surface area (Å²) in [4.78, 5) is 150. The number of nitrogens with zero attached hydrogens (tertiary/aromatic N) is 4. The molecule has 90 heavy (non-hydrogen) atoms. The standard InChI is InChI=1S/C33H54N8O14.C26H26FN3O5/c1-2-3-32(49)41(25-42)7-4-26(43)34-6-11-52-15-17-55-19-18-54-16-14-51-10-5-27(44)35-20-28(45)36-21-29(46)37-22-30(47)38-23-31(48)39-24-33(50)40-8-12-53-13-9-40;1-4-26(34,11-31)17-7-21-24-15(9-30(21)25(33)16(17)10-35-3)23-19(28-12-32)6-5-14-13(2)18(27)8-20(29-24)22(14)23/h2-3,25H,4-24H2,1H3,(H,34,43)(H,35,44)(H,36,45)(H,37,46)(H,38,47)(H,39,48);7-8,11-12,19,34H,4-6,9-10H2,1-3H3,(H,28,32)/b3-2-;. The van der Waals surface area contributed by atoms with Gasteiger partial charge in [0.25, 0.3) is 11.5 Å². The van der Waals surface area contributed by atoms with Crippen molar-refractivity contribution >= 4 is 77.3 Å². The monoisotopic (exact) mass is 1270 g/mol. The van der Waals surface area contributed by atoms with Crippen molar-refractivity contribution in [2.24, 2.45) is 0 Å². The number of amides is 10. The van der Waals surface area contributed by atoms with Crippen LogP contribution in [-0.2, 0) is 106 Å². The second-order valence-corrected chi connectivity index (χ2v) is 20.5. The predicted octanol–water partition coefficient (Wildman–Crippen LogP) is -2.50. The number of aliphatic hydroxyl groups is 1. The van der Waals surface area contributed by atoms with Crippen LogP contribution in [-0.4, -0.2) is 223 Å². The topological polar surface area (TPSA) is 389 Å². The molecule has 0 spiro atoms. The van der Waals surface area contributed by atoms with E-state index >= 15 is 0 Å². The zero-order chi connectivity index (χ0) is 65.6. The largest absolute Gasteiger partial charge is 0.380 e. The lowest BCUT2D eigenvalue weighted by Gasteiger charge is -2.28. The van der Waals surface area contributed by atoms with Crippen LogP contribution in [0.5, 0.6) is 0 Å². The molecular formula is C59H80FN11O19. The Balaban J connectivity index is 0.000000357. The molecule has 6 rings (SSSR count). The minimum Gasteiger partial charge on any atom is -0.380 e. The zero-order valence-corrected chi connectivity index (χ0v) is 51.0. The summed E-state index contributed by atoms with van der Waals surface area (Å²) in [5.41, 5.74) is 2.50. The molecule has 0 saturated carbocycles. The number of aryl methyl sites for hydroxylation is 1. The molecule has 1 fully saturated rings. The average molecular weight is 1270 g/mol. The summed E-state index contributed by atoms with van der Waals surface area (Å²) in [5, 5.41) is 29.0. The van der Waals surface area contributed by atoms with Crippen LogP contribution in [0.4, 0.5) is 4.39 Å². The maximum Gasteiger partial charge on any atom is 0.257 e. The van der Waals surface area contributed by atoms with Crippen molar-refractivity contribution in [3.63, 3.8) is 0 Å². The molecule has 31 heteroatoms. The molecular weight excluding hydrogens is 1190 g/mol. The highest BCUT2D eigenvalue weighted by Crippen LogP contribution is 2.45. The first-order valence-corrected chi connectivity index (χ1v) is 29.3. The fourth-order valence-corrected chi connectivity index (χ4v) is 9.71. The van der Waals surface area contributed by atoms with E-state index in [2.05, 4.69) is 37.2 Å². The highest BCUT2D eigenvalue weighted by atomic mass is 19.1. The molecule has 10 amide bonds. The number of aromatic nitrogens is 2. The number of benzene rings is 1. The van der Waals surface area contributed by atoms with Gasteiger partial charge in [0.05, 0.1) is 135 Å². The molecule has 4 heterocycles. The minimum atomic E-state index is -1.87. The van der Waals surface area contributed by atoms with Gasteiger partial charge in [-0.3, -0.25) is 62.4 Å². The lowest BCUT2D eigenvalue weighted by Crippen LogP contribution is -2.48. The van der Waals surface area contributed by atoms with Crippen LogP contribution in [0, 0.1) is 12.7 Å². The molecule has 8 N–H and O–H groups in total. The summed E-state index contributed by atoms with van der Waals surface area (Å²) in [7, 11) is 1.44. The Labute approximate surface area is 517 Å². The molecule has 2 atom stereocenters. The van der Waals surface area contributed by atoms with Crippen molar-refractivity contribution in [2.45, 2.75) is 77.7 Å². The van der Waals surface area contributed by atoms with Gasteiger partial charge in [-0.05, 0) is 61.9 Å². The number of hydrogen-bond donors (Lipinski definition) is 8. The second-order valence-electron chi connectivity index (χ2n) is 20.5. The number of methoxy groups -OCH3 is 1. The Morgan fingerprint density at radius 2 is 1.34 bits per heavy atom. The van der Waals surface area contributed by atoms with Crippen LogP contribution in [0.1, 0.15) is 79.0 Å². The van der Waals surface area contributed by atoms with E-state index in [4.69, 9.17) is 33.4 Å². The van der Waals surface area contributed by atoms with E-state index < -0.39 is 54.1 Å². The predicted molar refractivity (Wildman–Crippen MR) is 317 cm³/mol. The molecule has 2 unspecified atom stereocenters. The maximum atomic E-state index is 14.8. The molecule has 3 aliphatic rings. The average Bonchev–Trinajstić information content (AvgIpc) is 1.47. The molecule has 1 saturated heterocycles. The highest BCUT2D eigenvalue weighted by Gasteiger charge is 2.38. The van der Waals surface area contributed by atoms with Gasteiger partial charge in [0.15, 0.2) is 6.29 Å². The van der Waals surface area contributed by atoms with Crippen LogP contribution in [0.25, 0.3) is 22.3 Å². The van der Waals surface area contributed by atoms with E-state index in [9.17, 15) is 67.0 Å². The maximum absolute atomic E-state index is 14.8. The Hall–Kier alpha value is -8.46. The summed E-state index contributed by atoms with van der Waals surface area (Å²) in [6, 6.07) is 2.69. The lowest BCUT2D eigenvalue weighted by molar-refractivity contribution is -0.136. The van der Waals surface area contributed by atoms with Gasteiger partial charge in [-0.15, -0.1) is 0 Å². The lowest BCUT2D eigenvalue weighted by atomic mass is 9.82. The van der Waals surface area contributed by atoms with Crippen LogP contribution in [0.3, 0.4) is 0 Å². The van der Waals surface area contributed by atoms with Crippen LogP contribution in [0.2, 0.25) is 0 Å². The number of pyridine rings is 2. The Morgan fingerprint density at radius 3 is 1.90 bits per heavy atom. The number of carbonyl (C=O) groups is 11. The van der Waals surface area contributed by atoms with Gasteiger partial charge in [-0.1, -0.05) is 13.0 Å². The van der Waals surface area contributed by atoms with E-state index in [-0.39, 0.29) is 132 Å². The van der Waals surface area contributed by atoms with E-state index in [0.29, 0.717) is 107 Å². The van der Waals surface area contributed by atoms with Crippen LogP contribution in [0.15, 0.2) is 29.1 Å². The van der Waals surface area contributed by atoms with Gasteiger partial charge >= 0.3 is 0 Å². The SMILES string of the molecule is C/C=C\C(=O)N(C=O)CCC(=O)NCCOCCOCCOCCOCCC(=O)NCC(=O)NCC(=O)NCC(=O)NCC(=O)NCC(=O)N1CCOCC1.CCC(O)(C=O)c1cc2n(c(=O)c1COC)Cc1c-2nc2cc(F)c(C)c3c2c1C(NC=O)CC3. The van der Waals surface area contributed by atoms with Crippen molar-refractivity contribution in [1.82, 2.24) is 56.6 Å². The van der Waals surface area contributed by atoms with Crippen molar-refractivity contribution in [3.8, 4) is 11.4 Å². The fraction of sp³-hybridized carbons (Fsp3) is 0.542. The summed E-state index contributed by atoms with van der Waals surface area (Å²) in [5.74, 6) is -4.38. The van der Waals surface area contributed by atoms with Gasteiger partial charge in [0.2, 0.25) is 54.2 Å². The number of morpholine rings is 1. The van der Waals surface area contributed by atoms with E-state index in [1.54, 1.807) is 36.3 Å². The number of allylic oxidation sites excluding steroid dienone is 1. The molecule has 3 aromatic rings. The summed E-state index contributed by atoms with van der Waals surface area (Å²) >= 11 is 0. The third-order valence-electron chi connectivity index (χ3n) is 14.5. The van der Waals surface area contributed by atoms with Gasteiger partial charge < -0.3 is 80.2 Å². The number of fused-ring (bicyclic) bond motifs is 4. The van der Waals surface area contributed by atoms with Crippen molar-refractivity contribution in [2.75, 3.05) is 132 Å². The molecule has 30 nitrogen and oxygen atoms in total. The van der Waals surface area contributed by atoms with Gasteiger partial charge in [-0.2, -0.15) is 0 Å². The van der Waals surface area contributed by atoms with Crippen LogP contribution < -0.4 is 42.8 Å². The Kier molecular flexibility index (Phi) is 30.1. The third kappa shape index (κ3) is 21.4. The molecule has 2 aromatic heterocycles. The Bertz CT molecular complexity index is 3140. The summed E-state index contributed by atoms with van der Waals surface area (Å²) in [6.07, 6.45) is 5.45. The number of carbonyl (C=O) groups excluding carboxylic acids is 11. The molecule has 1 aromatic carbocycles. The quantitative estimate of drug-likeness (QED) is 0.0131. The zero-order valence-electron chi connectivity index (χ0n) is 51.0. The minimum absolute atomic E-state index is 0.00544. The number of hydrogen-bond acceptors (Lipinski definition) is 20. The third-order valence-corrected chi connectivity index (χ3v) is 14.5. The normalized spacial score (nSPS) is 14.4. The van der Waals surface area contributed by atoms with Crippen LogP contribution >= 0.6 is 0 Å². The number of halogens is 1.